The van der Waals surface area contributed by atoms with Gasteiger partial charge in [0.15, 0.2) is 5.69 Å². The molecule has 3 aromatic rings. The molecule has 2 aromatic heterocycles. The second-order valence-corrected chi connectivity index (χ2v) is 13.6. The molecule has 48 heavy (non-hydrogen) atoms. The van der Waals surface area contributed by atoms with Crippen molar-refractivity contribution >= 4 is 35.0 Å². The van der Waals surface area contributed by atoms with E-state index >= 15 is 0 Å². The van der Waals surface area contributed by atoms with Crippen molar-refractivity contribution in [2.45, 2.75) is 71.5 Å². The van der Waals surface area contributed by atoms with Crippen molar-refractivity contribution in [1.82, 2.24) is 30.8 Å². The fraction of sp³-hybridized carbons (Fsp3) is 0.529. The number of hydrogen-bond donors (Lipinski definition) is 4. The van der Waals surface area contributed by atoms with Gasteiger partial charge in [0.1, 0.15) is 23.0 Å². The Morgan fingerprint density at radius 1 is 1.04 bits per heavy atom. The molecule has 0 aliphatic carbocycles. The number of thiazole rings is 1. The third-order valence-corrected chi connectivity index (χ3v) is 8.90. The molecule has 0 spiro atoms. The number of nitrogens with one attached hydrogen (secondary N) is 3. The molecule has 0 radical (unpaired) electrons. The lowest BCUT2D eigenvalue weighted by atomic mass is 9.98. The Bertz CT molecular complexity index is 1500. The lowest BCUT2D eigenvalue weighted by Gasteiger charge is -2.33. The Morgan fingerprint density at radius 3 is 2.42 bits per heavy atom. The van der Waals surface area contributed by atoms with E-state index in [1.54, 1.807) is 12.3 Å². The van der Waals surface area contributed by atoms with Gasteiger partial charge in [-0.2, -0.15) is 0 Å². The number of aromatic nitrogens is 2. The smallest absolute Gasteiger partial charge is 0.300 e. The zero-order valence-corrected chi connectivity index (χ0v) is 28.8. The summed E-state index contributed by atoms with van der Waals surface area (Å²) in [7, 11) is 0. The maximum atomic E-state index is 13.7. The average molecular weight is 683 g/mol. The predicted molar refractivity (Wildman–Crippen MR) is 180 cm³/mol. The van der Waals surface area contributed by atoms with Crippen LogP contribution in [-0.4, -0.2) is 82.6 Å². The van der Waals surface area contributed by atoms with E-state index in [1.807, 2.05) is 30.3 Å². The SMILES string of the molecule is CC(=O)O.CC(C)C[C@@H]1CN(CC2CCOCC2)CC(=O)N[C@H](Cc2ccccc2)c2nc(cs2)C(=O)N[C@H](C)c2nc(co2)C(=O)N1. The van der Waals surface area contributed by atoms with E-state index in [4.69, 9.17) is 19.1 Å². The Labute approximate surface area is 284 Å². The summed E-state index contributed by atoms with van der Waals surface area (Å²) in [6, 6.07) is 8.70. The summed E-state index contributed by atoms with van der Waals surface area (Å²) < 4.78 is 11.2. The summed E-state index contributed by atoms with van der Waals surface area (Å²) in [6.45, 7) is 9.87. The fourth-order valence-corrected chi connectivity index (χ4v) is 6.63. The number of carboxylic acid groups (broad SMARTS) is 1. The molecule has 4 bridgehead atoms. The molecule has 14 heteroatoms. The molecule has 260 valence electrons. The standard InChI is InChI=1S/C32H42N6O5S.C2H4O2/c1-20(2)13-24-16-38(15-23-9-11-42-12-10-23)17-28(39)35-25(14-22-7-5-4-6-8-22)32-37-27(19-44-32)30(41)33-21(3)31-36-26(18-43-31)29(40)34-24;1-2(3)4/h4-8,18-21,23-25H,9-17H2,1-3H3,(H,33,41)(H,34,40)(H,35,39);1H3,(H,3,4)/t21-,24-,25-;/m1./s1. The summed E-state index contributed by atoms with van der Waals surface area (Å²) in [5, 5.41) is 19.0. The predicted octanol–water partition coefficient (Wildman–Crippen LogP) is 4.00. The second-order valence-electron chi connectivity index (χ2n) is 12.7. The molecule has 5 rings (SSSR count). The molecule has 0 saturated carbocycles. The van der Waals surface area contributed by atoms with Crippen LogP contribution < -0.4 is 16.0 Å². The summed E-state index contributed by atoms with van der Waals surface area (Å²) in [5.74, 6) is -0.776. The van der Waals surface area contributed by atoms with Crippen molar-refractivity contribution in [2.75, 3.05) is 32.8 Å². The first-order valence-electron chi connectivity index (χ1n) is 16.3. The highest BCUT2D eigenvalue weighted by Crippen LogP contribution is 2.24. The second kappa shape index (κ2) is 17.9. The molecule has 4 N–H and O–H groups in total. The van der Waals surface area contributed by atoms with E-state index in [1.165, 1.54) is 17.6 Å². The van der Waals surface area contributed by atoms with E-state index in [0.717, 1.165) is 38.3 Å². The molecule has 2 aliphatic rings. The zero-order chi connectivity index (χ0) is 34.6. The van der Waals surface area contributed by atoms with Crippen LogP contribution in [0.1, 0.15) is 96.5 Å². The van der Waals surface area contributed by atoms with Gasteiger partial charge in [0, 0.05) is 44.6 Å². The number of carboxylic acids is 1. The summed E-state index contributed by atoms with van der Waals surface area (Å²) in [6.07, 6.45) is 4.44. The van der Waals surface area contributed by atoms with Crippen molar-refractivity contribution in [3.63, 3.8) is 0 Å². The molecule has 13 nitrogen and oxygen atoms in total. The fourth-order valence-electron chi connectivity index (χ4n) is 5.78. The third kappa shape index (κ3) is 11.5. The van der Waals surface area contributed by atoms with Crippen LogP contribution in [0, 0.1) is 11.8 Å². The highest BCUT2D eigenvalue weighted by Gasteiger charge is 2.28. The molecule has 3 amide bonds. The van der Waals surface area contributed by atoms with Crippen LogP contribution in [0.3, 0.4) is 0 Å². The molecule has 1 fully saturated rings. The van der Waals surface area contributed by atoms with E-state index in [0.29, 0.717) is 43.0 Å². The number of amides is 3. The number of fused-ring (bicyclic) bond motifs is 4. The van der Waals surface area contributed by atoms with Crippen molar-refractivity contribution in [3.8, 4) is 0 Å². The number of aliphatic carboxylic acids is 1. The molecule has 0 unspecified atom stereocenters. The Morgan fingerprint density at radius 2 is 1.73 bits per heavy atom. The normalized spacial score (nSPS) is 21.6. The maximum Gasteiger partial charge on any atom is 0.300 e. The van der Waals surface area contributed by atoms with E-state index < -0.39 is 24.0 Å². The molecule has 1 aromatic carbocycles. The minimum absolute atomic E-state index is 0.135. The monoisotopic (exact) mass is 682 g/mol. The van der Waals surface area contributed by atoms with Gasteiger partial charge < -0.3 is 30.2 Å². The molecular weight excluding hydrogens is 636 g/mol. The van der Waals surface area contributed by atoms with Crippen molar-refractivity contribution in [2.24, 2.45) is 11.8 Å². The minimum Gasteiger partial charge on any atom is -0.481 e. The number of carbonyl (C=O) groups is 4. The number of benzene rings is 1. The van der Waals surface area contributed by atoms with Crippen LogP contribution in [-0.2, 0) is 20.7 Å². The van der Waals surface area contributed by atoms with Gasteiger partial charge in [-0.05, 0) is 50.0 Å². The van der Waals surface area contributed by atoms with Crippen molar-refractivity contribution < 1.29 is 33.4 Å². The van der Waals surface area contributed by atoms with E-state index in [9.17, 15) is 14.4 Å². The Balaban J connectivity index is 0.00000123. The zero-order valence-electron chi connectivity index (χ0n) is 27.9. The number of hydrogen-bond acceptors (Lipinski definition) is 10. The van der Waals surface area contributed by atoms with Gasteiger partial charge in [-0.1, -0.05) is 44.2 Å². The number of ether oxygens (including phenoxy) is 1. The van der Waals surface area contributed by atoms with Crippen LogP contribution in [0.25, 0.3) is 0 Å². The first kappa shape index (κ1) is 36.7. The number of carbonyl (C=O) groups excluding carboxylic acids is 3. The lowest BCUT2D eigenvalue weighted by molar-refractivity contribution is -0.134. The van der Waals surface area contributed by atoms with Gasteiger partial charge in [-0.15, -0.1) is 11.3 Å². The van der Waals surface area contributed by atoms with Crippen LogP contribution in [0.2, 0.25) is 0 Å². The number of nitrogens with zero attached hydrogens (tertiary/aromatic N) is 3. The summed E-state index contributed by atoms with van der Waals surface area (Å²) >= 11 is 1.34. The number of oxazole rings is 1. The topological polar surface area (TPSA) is 176 Å². The van der Waals surface area contributed by atoms with Crippen LogP contribution in [0.15, 0.2) is 46.4 Å². The molecule has 4 heterocycles. The van der Waals surface area contributed by atoms with Crippen LogP contribution in [0.4, 0.5) is 0 Å². The van der Waals surface area contributed by atoms with E-state index in [2.05, 4.69) is 44.7 Å². The first-order valence-corrected chi connectivity index (χ1v) is 17.2. The van der Waals surface area contributed by atoms with Crippen molar-refractivity contribution in [1.29, 1.82) is 0 Å². The maximum absolute atomic E-state index is 13.7. The summed E-state index contributed by atoms with van der Waals surface area (Å²) in [5.41, 5.74) is 1.44. The van der Waals surface area contributed by atoms with Gasteiger partial charge >= 0.3 is 0 Å². The van der Waals surface area contributed by atoms with Gasteiger partial charge in [-0.3, -0.25) is 24.1 Å². The highest BCUT2D eigenvalue weighted by molar-refractivity contribution is 7.09. The molecule has 2 aliphatic heterocycles. The van der Waals surface area contributed by atoms with E-state index in [-0.39, 0.29) is 41.7 Å². The first-order chi connectivity index (χ1) is 23.0. The van der Waals surface area contributed by atoms with Crippen molar-refractivity contribution in [3.05, 3.63) is 69.8 Å². The Kier molecular flexibility index (Phi) is 13.6. The van der Waals surface area contributed by atoms with Gasteiger partial charge in [-0.25, -0.2) is 9.97 Å². The Hall–Kier alpha value is -4.14. The van der Waals surface area contributed by atoms with Crippen LogP contribution >= 0.6 is 11.3 Å². The minimum atomic E-state index is -0.833. The van der Waals surface area contributed by atoms with Gasteiger partial charge in [0.25, 0.3) is 17.8 Å². The van der Waals surface area contributed by atoms with Gasteiger partial charge in [0.2, 0.25) is 11.8 Å². The quantitative estimate of drug-likeness (QED) is 0.297. The summed E-state index contributed by atoms with van der Waals surface area (Å²) in [4.78, 5) is 60.3. The van der Waals surface area contributed by atoms with Gasteiger partial charge in [0.05, 0.1) is 12.6 Å². The molecule has 1 saturated heterocycles. The highest BCUT2D eigenvalue weighted by atomic mass is 32.1. The molecule has 3 atom stereocenters. The lowest BCUT2D eigenvalue weighted by Crippen LogP contribution is -2.49. The van der Waals surface area contributed by atoms with Crippen LogP contribution in [0.5, 0.6) is 0 Å². The average Bonchev–Trinajstić information content (AvgIpc) is 3.72. The largest absolute Gasteiger partial charge is 0.481 e. The molecular formula is C34H46N6O7S. The third-order valence-electron chi connectivity index (χ3n) is 7.94. The number of rotatable bonds is 6.